The van der Waals surface area contributed by atoms with Crippen molar-refractivity contribution < 1.29 is 9.53 Å². The minimum atomic E-state index is -0.486. The third-order valence-corrected chi connectivity index (χ3v) is 4.87. The van der Waals surface area contributed by atoms with Gasteiger partial charge in [0.1, 0.15) is 5.60 Å². The molecule has 2 aromatic carbocycles. The van der Waals surface area contributed by atoms with Crippen LogP contribution in [-0.2, 0) is 4.74 Å². The van der Waals surface area contributed by atoms with Gasteiger partial charge in [-0.05, 0) is 50.1 Å². The number of amides is 1. The molecule has 1 aliphatic heterocycles. The van der Waals surface area contributed by atoms with Crippen LogP contribution in [0.4, 0.5) is 10.7 Å². The lowest BCUT2D eigenvalue weighted by Gasteiger charge is -2.24. The molecule has 0 spiro atoms. The molecule has 6 heteroatoms. The van der Waals surface area contributed by atoms with Crippen molar-refractivity contribution in [1.82, 2.24) is 14.9 Å². The summed E-state index contributed by atoms with van der Waals surface area (Å²) in [4.78, 5) is 23.0. The van der Waals surface area contributed by atoms with E-state index in [4.69, 9.17) is 4.74 Å². The summed E-state index contributed by atoms with van der Waals surface area (Å²) in [5.74, 6) is 0.576. The van der Waals surface area contributed by atoms with Gasteiger partial charge in [0.15, 0.2) is 0 Å². The van der Waals surface area contributed by atoms with Crippen LogP contribution in [0, 0.1) is 0 Å². The zero-order chi connectivity index (χ0) is 20.4. The molecule has 1 N–H and O–H groups in total. The summed E-state index contributed by atoms with van der Waals surface area (Å²) in [6.45, 7) is 6.88. The number of hydrogen-bond donors (Lipinski definition) is 1. The zero-order valence-electron chi connectivity index (χ0n) is 17.1. The van der Waals surface area contributed by atoms with Gasteiger partial charge in [0.05, 0.1) is 5.69 Å². The monoisotopic (exact) mass is 390 g/mol. The number of carbonyl (C=O) groups is 1. The van der Waals surface area contributed by atoms with Crippen LogP contribution in [0.5, 0.6) is 0 Å². The maximum atomic E-state index is 12.2. The Morgan fingerprint density at radius 1 is 1.14 bits per heavy atom. The number of carbonyl (C=O) groups excluding carboxylic acids is 1. The van der Waals surface area contributed by atoms with Gasteiger partial charge >= 0.3 is 6.09 Å². The predicted octanol–water partition coefficient (Wildman–Crippen LogP) is 4.72. The van der Waals surface area contributed by atoms with Crippen LogP contribution in [0.2, 0.25) is 0 Å². The van der Waals surface area contributed by atoms with Crippen LogP contribution in [0.1, 0.15) is 27.2 Å². The van der Waals surface area contributed by atoms with E-state index in [-0.39, 0.29) is 12.1 Å². The van der Waals surface area contributed by atoms with Crippen LogP contribution in [0.25, 0.3) is 22.0 Å². The number of nitrogens with one attached hydrogen (secondary N) is 1. The zero-order valence-corrected chi connectivity index (χ0v) is 17.1. The van der Waals surface area contributed by atoms with Crippen molar-refractivity contribution in [2.24, 2.45) is 0 Å². The van der Waals surface area contributed by atoms with Crippen molar-refractivity contribution in [2.75, 3.05) is 18.4 Å². The third kappa shape index (κ3) is 4.65. The lowest BCUT2D eigenvalue weighted by molar-refractivity contribution is 0.0293. The van der Waals surface area contributed by atoms with E-state index in [9.17, 15) is 4.79 Å². The largest absolute Gasteiger partial charge is 0.444 e. The van der Waals surface area contributed by atoms with E-state index < -0.39 is 5.60 Å². The summed E-state index contributed by atoms with van der Waals surface area (Å²) in [7, 11) is 0. The third-order valence-electron chi connectivity index (χ3n) is 4.87. The Bertz CT molecular complexity index is 1030. The first-order valence-electron chi connectivity index (χ1n) is 9.94. The molecule has 1 aliphatic rings. The Labute approximate surface area is 170 Å². The molecule has 0 saturated carbocycles. The highest BCUT2D eigenvalue weighted by atomic mass is 16.6. The average molecular weight is 390 g/mol. The smallest absolute Gasteiger partial charge is 0.410 e. The molecular formula is C23H26N4O2. The highest BCUT2D eigenvalue weighted by molar-refractivity contribution is 5.86. The Kier molecular flexibility index (Phi) is 5.09. The van der Waals surface area contributed by atoms with Crippen molar-refractivity contribution in [3.8, 4) is 11.3 Å². The van der Waals surface area contributed by atoms with Gasteiger partial charge < -0.3 is 15.0 Å². The topological polar surface area (TPSA) is 67.3 Å². The minimum absolute atomic E-state index is 0.106. The lowest BCUT2D eigenvalue weighted by Crippen LogP contribution is -2.36. The molecule has 150 valence electrons. The van der Waals surface area contributed by atoms with Crippen LogP contribution < -0.4 is 5.32 Å². The van der Waals surface area contributed by atoms with Crippen LogP contribution >= 0.6 is 0 Å². The molecule has 29 heavy (non-hydrogen) atoms. The molecule has 2 heterocycles. The summed E-state index contributed by atoms with van der Waals surface area (Å²) >= 11 is 0. The second-order valence-electron chi connectivity index (χ2n) is 8.38. The van der Waals surface area contributed by atoms with E-state index >= 15 is 0 Å². The van der Waals surface area contributed by atoms with E-state index in [1.54, 1.807) is 11.1 Å². The number of anilines is 1. The number of benzene rings is 2. The van der Waals surface area contributed by atoms with Crippen LogP contribution in [0.3, 0.4) is 0 Å². The molecule has 4 rings (SSSR count). The number of hydrogen-bond acceptors (Lipinski definition) is 5. The molecule has 1 saturated heterocycles. The van der Waals surface area contributed by atoms with Gasteiger partial charge in [0, 0.05) is 30.9 Å². The molecule has 1 aromatic heterocycles. The fourth-order valence-electron chi connectivity index (χ4n) is 3.49. The maximum Gasteiger partial charge on any atom is 0.410 e. The first-order chi connectivity index (χ1) is 13.9. The van der Waals surface area contributed by atoms with Crippen molar-refractivity contribution in [3.05, 3.63) is 54.7 Å². The van der Waals surface area contributed by atoms with Gasteiger partial charge in [-0.15, -0.1) is 0 Å². The highest BCUT2D eigenvalue weighted by Gasteiger charge is 2.30. The molecule has 6 nitrogen and oxygen atoms in total. The number of rotatable bonds is 3. The van der Waals surface area contributed by atoms with E-state index in [2.05, 4.69) is 45.6 Å². The van der Waals surface area contributed by atoms with E-state index in [0.717, 1.165) is 17.7 Å². The number of aromatic nitrogens is 2. The van der Waals surface area contributed by atoms with Gasteiger partial charge in [0.2, 0.25) is 5.95 Å². The number of fused-ring (bicyclic) bond motifs is 1. The Morgan fingerprint density at radius 2 is 1.93 bits per heavy atom. The average Bonchev–Trinajstić information content (AvgIpc) is 3.15. The first kappa shape index (κ1) is 19.2. The maximum absolute atomic E-state index is 12.2. The standard InChI is InChI=1S/C23H26N4O2/c1-23(2,3)29-22(28)27-13-11-19(15-27)25-21-24-12-10-20(26-21)18-9-8-16-6-4-5-7-17(16)14-18/h4-10,12,14,19H,11,13,15H2,1-3H3,(H,24,25,26)/t19-/m1/s1. The predicted molar refractivity (Wildman–Crippen MR) is 115 cm³/mol. The minimum Gasteiger partial charge on any atom is -0.444 e. The molecule has 3 aromatic rings. The van der Waals surface area contributed by atoms with Gasteiger partial charge in [0.25, 0.3) is 0 Å². The second-order valence-corrected chi connectivity index (χ2v) is 8.38. The van der Waals surface area contributed by atoms with E-state index in [1.165, 1.54) is 10.8 Å². The summed E-state index contributed by atoms with van der Waals surface area (Å²) in [5.41, 5.74) is 1.44. The molecule has 0 aliphatic carbocycles. The van der Waals surface area contributed by atoms with Crippen molar-refractivity contribution in [3.63, 3.8) is 0 Å². The highest BCUT2D eigenvalue weighted by Crippen LogP contribution is 2.24. The van der Waals surface area contributed by atoms with Gasteiger partial charge in [-0.1, -0.05) is 36.4 Å². The molecule has 0 unspecified atom stereocenters. The van der Waals surface area contributed by atoms with Gasteiger partial charge in [-0.3, -0.25) is 0 Å². The second kappa shape index (κ2) is 7.70. The molecular weight excluding hydrogens is 364 g/mol. The number of ether oxygens (including phenoxy) is 1. The Morgan fingerprint density at radius 3 is 2.72 bits per heavy atom. The van der Waals surface area contributed by atoms with E-state index in [1.807, 2.05) is 39.0 Å². The first-order valence-corrected chi connectivity index (χ1v) is 9.94. The SMILES string of the molecule is CC(C)(C)OC(=O)N1CC[C@@H](Nc2nccc(-c3ccc4ccccc4c3)n2)C1. The number of likely N-dealkylation sites (tertiary alicyclic amines) is 1. The van der Waals surface area contributed by atoms with Gasteiger partial charge in [-0.25, -0.2) is 14.8 Å². The van der Waals surface area contributed by atoms with Crippen molar-refractivity contribution in [1.29, 1.82) is 0 Å². The van der Waals surface area contributed by atoms with Crippen molar-refractivity contribution >= 4 is 22.8 Å². The lowest BCUT2D eigenvalue weighted by atomic mass is 10.1. The normalized spacial score (nSPS) is 16.8. The Hall–Kier alpha value is -3.15. The van der Waals surface area contributed by atoms with Gasteiger partial charge in [-0.2, -0.15) is 0 Å². The summed E-state index contributed by atoms with van der Waals surface area (Å²) < 4.78 is 5.46. The molecule has 1 atom stereocenters. The summed E-state index contributed by atoms with van der Waals surface area (Å²) in [5, 5.41) is 5.75. The van der Waals surface area contributed by atoms with Crippen molar-refractivity contribution in [2.45, 2.75) is 38.8 Å². The van der Waals surface area contributed by atoms with Crippen LogP contribution in [-0.4, -0.2) is 45.7 Å². The summed E-state index contributed by atoms with van der Waals surface area (Å²) in [6.07, 6.45) is 2.33. The van der Waals surface area contributed by atoms with Crippen LogP contribution in [0.15, 0.2) is 54.7 Å². The molecule has 1 fully saturated rings. The molecule has 0 bridgehead atoms. The Balaban J connectivity index is 1.45. The quantitative estimate of drug-likeness (QED) is 0.701. The number of nitrogens with zero attached hydrogens (tertiary/aromatic N) is 3. The summed E-state index contributed by atoms with van der Waals surface area (Å²) in [6, 6.07) is 16.6. The fraction of sp³-hybridized carbons (Fsp3) is 0.348. The fourth-order valence-corrected chi connectivity index (χ4v) is 3.49. The molecule has 0 radical (unpaired) electrons. The van der Waals surface area contributed by atoms with E-state index in [0.29, 0.717) is 19.0 Å². The molecule has 1 amide bonds.